The van der Waals surface area contributed by atoms with Crippen LogP contribution in [0.5, 0.6) is 0 Å². The third-order valence-electron chi connectivity index (χ3n) is 2.05. The van der Waals surface area contributed by atoms with Crippen LogP contribution < -0.4 is 5.32 Å². The fourth-order valence-electron chi connectivity index (χ4n) is 1.15. The minimum atomic E-state index is -0.00457. The van der Waals surface area contributed by atoms with E-state index < -0.39 is 0 Å². The molecule has 0 saturated heterocycles. The van der Waals surface area contributed by atoms with Crippen LogP contribution in [0, 0.1) is 0 Å². The third-order valence-corrected chi connectivity index (χ3v) is 2.75. The summed E-state index contributed by atoms with van der Waals surface area (Å²) in [5, 5.41) is 2.82. The number of hydrogen-bond acceptors (Lipinski definition) is 3. The molecule has 0 radical (unpaired) electrons. The minimum Gasteiger partial charge on any atom is -0.356 e. The summed E-state index contributed by atoms with van der Waals surface area (Å²) in [5.74, 6) is 1.26. The Bertz CT molecular complexity index is 195. The zero-order valence-corrected chi connectivity index (χ0v) is 10.5. The quantitative estimate of drug-likeness (QED) is 0.617. The van der Waals surface area contributed by atoms with Gasteiger partial charge in [0, 0.05) is 19.4 Å². The van der Waals surface area contributed by atoms with Crippen LogP contribution in [0.1, 0.15) is 39.0 Å². The summed E-state index contributed by atoms with van der Waals surface area (Å²) in [7, 11) is 0. The molecule has 0 aliphatic rings. The zero-order chi connectivity index (χ0) is 11.5. The highest BCUT2D eigenvalue weighted by atomic mass is 32.2. The van der Waals surface area contributed by atoms with Gasteiger partial charge in [-0.2, -0.15) is 11.8 Å². The molecule has 0 atom stereocenters. The molecule has 3 nitrogen and oxygen atoms in total. The Balaban J connectivity index is 3.20. The normalized spacial score (nSPS) is 10.0. The highest BCUT2D eigenvalue weighted by molar-refractivity contribution is 7.98. The largest absolute Gasteiger partial charge is 0.356 e. The molecule has 0 rings (SSSR count). The maximum Gasteiger partial charge on any atom is 0.220 e. The third kappa shape index (κ3) is 11.4. The summed E-state index contributed by atoms with van der Waals surface area (Å²) < 4.78 is 0. The van der Waals surface area contributed by atoms with Crippen LogP contribution in [-0.2, 0) is 9.59 Å². The molecule has 15 heavy (non-hydrogen) atoms. The Morgan fingerprint density at radius 2 is 1.87 bits per heavy atom. The highest BCUT2D eigenvalue weighted by Crippen LogP contribution is 2.01. The molecule has 0 spiro atoms. The number of unbranched alkanes of at least 4 members (excludes halogenated alkanes) is 2. The second-order valence-corrected chi connectivity index (χ2v) is 4.59. The molecule has 88 valence electrons. The van der Waals surface area contributed by atoms with E-state index in [1.165, 1.54) is 19.1 Å². The molecule has 0 fully saturated rings. The van der Waals surface area contributed by atoms with Crippen molar-refractivity contribution in [3.63, 3.8) is 0 Å². The van der Waals surface area contributed by atoms with Crippen LogP contribution >= 0.6 is 11.8 Å². The van der Waals surface area contributed by atoms with E-state index in [2.05, 4.69) is 11.6 Å². The maximum atomic E-state index is 11.2. The van der Waals surface area contributed by atoms with Crippen molar-refractivity contribution < 1.29 is 9.59 Å². The Morgan fingerprint density at radius 3 is 2.47 bits per heavy atom. The van der Waals surface area contributed by atoms with E-state index in [4.69, 9.17) is 0 Å². The second kappa shape index (κ2) is 10.0. The number of carbonyl (C=O) groups excluding carboxylic acids is 2. The van der Waals surface area contributed by atoms with E-state index in [1.54, 1.807) is 0 Å². The van der Waals surface area contributed by atoms with Crippen LogP contribution in [0.2, 0.25) is 0 Å². The van der Waals surface area contributed by atoms with Crippen LogP contribution in [0.4, 0.5) is 0 Å². The summed E-state index contributed by atoms with van der Waals surface area (Å²) in [6, 6.07) is 0. The monoisotopic (exact) mass is 231 g/mol. The lowest BCUT2D eigenvalue weighted by molar-refractivity contribution is -0.124. The number of nitrogens with one attached hydrogen (secondary N) is 1. The summed E-state index contributed by atoms with van der Waals surface area (Å²) >= 11 is 1.85. The fraction of sp³-hybridized carbons (Fsp3) is 0.818. The van der Waals surface area contributed by atoms with Gasteiger partial charge >= 0.3 is 0 Å². The number of thioether (sulfide) groups is 1. The molecular weight excluding hydrogens is 210 g/mol. The molecular formula is C11H21NO2S. The van der Waals surface area contributed by atoms with Gasteiger partial charge in [0.25, 0.3) is 0 Å². The number of rotatable bonds is 9. The predicted octanol–water partition coefficient (Wildman–Crippen LogP) is 2.01. The Kier molecular flexibility index (Phi) is 9.68. The number of hydrogen-bond donors (Lipinski definition) is 1. The molecule has 0 aliphatic carbocycles. The smallest absolute Gasteiger partial charge is 0.220 e. The van der Waals surface area contributed by atoms with Crippen molar-refractivity contribution in [3.05, 3.63) is 0 Å². The molecule has 0 heterocycles. The highest BCUT2D eigenvalue weighted by Gasteiger charge is 2.01. The lowest BCUT2D eigenvalue weighted by atomic mass is 10.2. The van der Waals surface area contributed by atoms with E-state index in [0.29, 0.717) is 12.8 Å². The van der Waals surface area contributed by atoms with Gasteiger partial charge in [-0.25, -0.2) is 0 Å². The molecule has 0 aliphatic heterocycles. The molecule has 0 aromatic heterocycles. The number of carbonyl (C=O) groups is 2. The van der Waals surface area contributed by atoms with Crippen LogP contribution in [0.3, 0.4) is 0 Å². The molecule has 1 N–H and O–H groups in total. The summed E-state index contributed by atoms with van der Waals surface area (Å²) in [6.45, 7) is 2.25. The van der Waals surface area contributed by atoms with Crippen LogP contribution in [-0.4, -0.2) is 30.2 Å². The average Bonchev–Trinajstić information content (AvgIpc) is 2.20. The molecule has 1 amide bonds. The van der Waals surface area contributed by atoms with Gasteiger partial charge in [-0.1, -0.05) is 6.42 Å². The molecule has 4 heteroatoms. The average molecular weight is 231 g/mol. The molecule has 0 unspecified atom stereocenters. The van der Waals surface area contributed by atoms with Crippen LogP contribution in [0.25, 0.3) is 0 Å². The number of Topliss-reactive ketones (excluding diaryl/α,β-unsaturated/α-hetero) is 1. The van der Waals surface area contributed by atoms with Crippen molar-refractivity contribution >= 4 is 23.5 Å². The van der Waals surface area contributed by atoms with Gasteiger partial charge in [-0.3, -0.25) is 4.79 Å². The summed E-state index contributed by atoms with van der Waals surface area (Å²) in [6.07, 6.45) is 6.20. The molecule has 0 bridgehead atoms. The van der Waals surface area contributed by atoms with Gasteiger partial charge in [0.1, 0.15) is 5.78 Å². The van der Waals surface area contributed by atoms with Gasteiger partial charge in [-0.05, 0) is 31.8 Å². The van der Waals surface area contributed by atoms with Crippen molar-refractivity contribution in [2.45, 2.75) is 39.0 Å². The first-order valence-electron chi connectivity index (χ1n) is 5.42. The van der Waals surface area contributed by atoms with Gasteiger partial charge in [0.05, 0.1) is 0 Å². The number of ketones is 1. The van der Waals surface area contributed by atoms with E-state index in [9.17, 15) is 9.59 Å². The lowest BCUT2D eigenvalue weighted by Crippen LogP contribution is -2.24. The zero-order valence-electron chi connectivity index (χ0n) is 9.67. The van der Waals surface area contributed by atoms with Gasteiger partial charge in [0.2, 0.25) is 5.91 Å². The SMILES string of the molecule is CSCCCCCNC(=O)CCC(C)=O. The predicted molar refractivity (Wildman–Crippen MR) is 65.2 cm³/mol. The van der Waals surface area contributed by atoms with Crippen molar-refractivity contribution in [2.75, 3.05) is 18.6 Å². The molecule has 0 saturated carbocycles. The molecule has 0 aromatic carbocycles. The van der Waals surface area contributed by atoms with Gasteiger partial charge in [0.15, 0.2) is 0 Å². The lowest BCUT2D eigenvalue weighted by Gasteiger charge is -2.03. The van der Waals surface area contributed by atoms with Crippen molar-refractivity contribution in [3.8, 4) is 0 Å². The summed E-state index contributed by atoms with van der Waals surface area (Å²) in [5.41, 5.74) is 0. The van der Waals surface area contributed by atoms with Crippen molar-refractivity contribution in [2.24, 2.45) is 0 Å². The standard InChI is InChI=1S/C11H21NO2S/c1-10(13)6-7-11(14)12-8-4-3-5-9-15-2/h3-9H2,1-2H3,(H,12,14). The Hall–Kier alpha value is -0.510. The van der Waals surface area contributed by atoms with Crippen molar-refractivity contribution in [1.82, 2.24) is 5.32 Å². The maximum absolute atomic E-state index is 11.2. The van der Waals surface area contributed by atoms with Crippen molar-refractivity contribution in [1.29, 1.82) is 0 Å². The van der Waals surface area contributed by atoms with E-state index >= 15 is 0 Å². The Morgan fingerprint density at radius 1 is 1.13 bits per heavy atom. The van der Waals surface area contributed by atoms with E-state index in [-0.39, 0.29) is 11.7 Å². The fourth-order valence-corrected chi connectivity index (χ4v) is 1.65. The van der Waals surface area contributed by atoms with E-state index in [0.717, 1.165) is 19.4 Å². The van der Waals surface area contributed by atoms with Gasteiger partial charge < -0.3 is 10.1 Å². The van der Waals surface area contributed by atoms with Crippen LogP contribution in [0.15, 0.2) is 0 Å². The molecule has 0 aromatic rings. The first-order valence-corrected chi connectivity index (χ1v) is 6.81. The second-order valence-electron chi connectivity index (χ2n) is 3.61. The topological polar surface area (TPSA) is 46.2 Å². The first-order chi connectivity index (χ1) is 7.16. The summed E-state index contributed by atoms with van der Waals surface area (Å²) in [4.78, 5) is 21.8. The number of amides is 1. The van der Waals surface area contributed by atoms with E-state index in [1.807, 2.05) is 11.8 Å². The Labute approximate surface area is 96.4 Å². The first kappa shape index (κ1) is 14.5. The van der Waals surface area contributed by atoms with Gasteiger partial charge in [-0.15, -0.1) is 0 Å². The minimum absolute atomic E-state index is 0.00457.